The first-order valence-corrected chi connectivity index (χ1v) is 11.8. The fourth-order valence-corrected chi connectivity index (χ4v) is 3.11. The van der Waals surface area contributed by atoms with E-state index in [1.165, 1.54) is 16.8 Å². The van der Waals surface area contributed by atoms with Crippen molar-refractivity contribution >= 4 is 19.1 Å². The predicted molar refractivity (Wildman–Crippen MR) is 97.9 cm³/mol. The summed E-state index contributed by atoms with van der Waals surface area (Å²) in [5, 5.41) is 8.22. The summed E-state index contributed by atoms with van der Waals surface area (Å²) in [6.07, 6.45) is 1.45. The Bertz CT molecular complexity index is 999. The van der Waals surface area contributed by atoms with Gasteiger partial charge in [0.1, 0.15) is 12.2 Å². The van der Waals surface area contributed by atoms with Gasteiger partial charge in [-0.15, -0.1) is 5.10 Å². The van der Waals surface area contributed by atoms with Crippen LogP contribution in [0.1, 0.15) is 0 Å². The summed E-state index contributed by atoms with van der Waals surface area (Å²) in [4.78, 5) is 25.4. The van der Waals surface area contributed by atoms with E-state index < -0.39 is 19.3 Å². The molecule has 0 saturated carbocycles. The van der Waals surface area contributed by atoms with Gasteiger partial charge >= 0.3 is 5.69 Å². The Labute approximate surface area is 145 Å². The van der Waals surface area contributed by atoms with Gasteiger partial charge in [-0.05, 0) is 24.2 Å². The number of aromatic nitrogens is 5. The van der Waals surface area contributed by atoms with Crippen LogP contribution in [0, 0.1) is 0 Å². The van der Waals surface area contributed by atoms with E-state index in [0.29, 0.717) is 19.0 Å². The number of rotatable bonds is 6. The molecule has 0 saturated heterocycles. The molecule has 0 spiro atoms. The first-order valence-electron chi connectivity index (χ1n) is 8.07. The van der Waals surface area contributed by atoms with E-state index in [1.54, 1.807) is 22.9 Å². The molecule has 9 heteroatoms. The van der Waals surface area contributed by atoms with Gasteiger partial charge < -0.3 is 4.74 Å². The van der Waals surface area contributed by atoms with Gasteiger partial charge in [0.2, 0.25) is 0 Å². The fourth-order valence-electron chi connectivity index (χ4n) is 2.35. The number of H-pyrrole nitrogens is 1. The molecular formula is C16H21N5O3Si. The lowest BCUT2D eigenvalue weighted by Crippen LogP contribution is -2.27. The second-order valence-electron chi connectivity index (χ2n) is 7.09. The van der Waals surface area contributed by atoms with E-state index in [9.17, 15) is 9.59 Å². The normalized spacial score (nSPS) is 12.0. The zero-order valence-corrected chi connectivity index (χ0v) is 15.5. The van der Waals surface area contributed by atoms with Gasteiger partial charge in [0.05, 0.1) is 11.2 Å². The summed E-state index contributed by atoms with van der Waals surface area (Å²) in [6, 6.07) is 7.73. The molecule has 8 nitrogen and oxygen atoms in total. The van der Waals surface area contributed by atoms with Crippen LogP contribution in [0.2, 0.25) is 25.7 Å². The molecule has 2 aromatic heterocycles. The highest BCUT2D eigenvalue weighted by atomic mass is 28.3. The van der Waals surface area contributed by atoms with Gasteiger partial charge in [0, 0.05) is 26.9 Å². The summed E-state index contributed by atoms with van der Waals surface area (Å²) in [7, 11) is -1.13. The summed E-state index contributed by atoms with van der Waals surface area (Å²) < 4.78 is 8.76. The number of benzene rings is 1. The fraction of sp³-hybridized carbons (Fsp3) is 0.375. The van der Waals surface area contributed by atoms with Gasteiger partial charge in [-0.25, -0.2) is 9.48 Å². The van der Waals surface area contributed by atoms with Crippen LogP contribution in [0.3, 0.4) is 0 Å². The molecule has 1 N–H and O–H groups in total. The Kier molecular flexibility index (Phi) is 4.68. The molecule has 0 aliphatic carbocycles. The molecule has 3 rings (SSSR count). The minimum atomic E-state index is -1.13. The van der Waals surface area contributed by atoms with Crippen molar-refractivity contribution in [3.63, 3.8) is 0 Å². The van der Waals surface area contributed by atoms with Crippen LogP contribution in [0.25, 0.3) is 16.7 Å². The molecule has 0 atom stereocenters. The van der Waals surface area contributed by atoms with Crippen molar-refractivity contribution in [2.24, 2.45) is 0 Å². The topological polar surface area (TPSA) is 94.8 Å². The number of hydrogen-bond acceptors (Lipinski definition) is 5. The monoisotopic (exact) mass is 359 g/mol. The number of nitrogens with one attached hydrogen (secondary N) is 1. The van der Waals surface area contributed by atoms with Gasteiger partial charge in [0.15, 0.2) is 0 Å². The first-order chi connectivity index (χ1) is 11.8. The smallest absolute Gasteiger partial charge is 0.332 e. The molecule has 0 radical (unpaired) electrons. The molecule has 2 heterocycles. The van der Waals surface area contributed by atoms with Crippen molar-refractivity contribution in [2.45, 2.75) is 32.4 Å². The lowest BCUT2D eigenvalue weighted by Gasteiger charge is -2.15. The summed E-state index contributed by atoms with van der Waals surface area (Å²) in [5.41, 5.74) is 1.19. The largest absolute Gasteiger partial charge is 0.359 e. The maximum absolute atomic E-state index is 12.0. The van der Waals surface area contributed by atoms with Crippen molar-refractivity contribution in [1.29, 1.82) is 0 Å². The van der Waals surface area contributed by atoms with Crippen LogP contribution in [0.4, 0.5) is 0 Å². The van der Waals surface area contributed by atoms with Crippen LogP contribution in [-0.2, 0) is 11.5 Å². The minimum Gasteiger partial charge on any atom is -0.359 e. The van der Waals surface area contributed by atoms with Crippen LogP contribution in [-0.4, -0.2) is 39.2 Å². The molecule has 3 aromatic rings. The molecule has 0 fully saturated rings. The molecule has 132 valence electrons. The van der Waals surface area contributed by atoms with Gasteiger partial charge in [-0.1, -0.05) is 24.9 Å². The predicted octanol–water partition coefficient (Wildman–Crippen LogP) is 1.58. The Hall–Kier alpha value is -2.52. The summed E-state index contributed by atoms with van der Waals surface area (Å²) in [5.74, 6) is 0. The number of fused-ring (bicyclic) bond motifs is 1. The molecular weight excluding hydrogens is 338 g/mol. The summed E-state index contributed by atoms with van der Waals surface area (Å²) in [6.45, 7) is 7.90. The van der Waals surface area contributed by atoms with Gasteiger partial charge in [0.25, 0.3) is 5.56 Å². The molecule has 0 aliphatic rings. The van der Waals surface area contributed by atoms with Crippen molar-refractivity contribution in [1.82, 2.24) is 24.5 Å². The summed E-state index contributed by atoms with van der Waals surface area (Å²) >= 11 is 0. The van der Waals surface area contributed by atoms with Gasteiger partial charge in [-0.2, -0.15) is 0 Å². The Morgan fingerprint density at radius 2 is 2.00 bits per heavy atom. The van der Waals surface area contributed by atoms with Crippen molar-refractivity contribution in [2.75, 3.05) is 6.61 Å². The quantitative estimate of drug-likeness (QED) is 0.533. The average Bonchev–Trinajstić information content (AvgIpc) is 2.93. The highest BCUT2D eigenvalue weighted by molar-refractivity contribution is 6.76. The zero-order chi connectivity index (χ0) is 18.0. The second-order valence-corrected chi connectivity index (χ2v) is 12.7. The highest BCUT2D eigenvalue weighted by Gasteiger charge is 2.13. The van der Waals surface area contributed by atoms with Crippen LogP contribution < -0.4 is 11.2 Å². The highest BCUT2D eigenvalue weighted by Crippen LogP contribution is 2.16. The van der Waals surface area contributed by atoms with E-state index in [2.05, 4.69) is 34.9 Å². The molecule has 0 amide bonds. The number of ether oxygens (including phenoxy) is 1. The number of nitrogens with zero attached hydrogens (tertiary/aromatic N) is 4. The van der Waals surface area contributed by atoms with E-state index >= 15 is 0 Å². The maximum atomic E-state index is 12.0. The van der Waals surface area contributed by atoms with Gasteiger partial charge in [-0.3, -0.25) is 14.3 Å². The van der Waals surface area contributed by atoms with E-state index in [1.807, 2.05) is 0 Å². The Morgan fingerprint density at radius 3 is 2.72 bits per heavy atom. The Balaban J connectivity index is 1.84. The molecule has 0 bridgehead atoms. The SMILES string of the molecule is C[Si](C)(C)CCOCn1nnc2ccc(-n3ccc(=O)[nH]c3=O)cc21. The van der Waals surface area contributed by atoms with Crippen LogP contribution in [0.15, 0.2) is 40.1 Å². The van der Waals surface area contributed by atoms with Crippen LogP contribution in [0.5, 0.6) is 0 Å². The van der Waals surface area contributed by atoms with E-state index in [4.69, 9.17) is 4.74 Å². The molecule has 0 unspecified atom stereocenters. The lowest BCUT2D eigenvalue weighted by atomic mass is 10.2. The maximum Gasteiger partial charge on any atom is 0.332 e. The number of aromatic amines is 1. The van der Waals surface area contributed by atoms with Crippen molar-refractivity contribution < 1.29 is 4.74 Å². The zero-order valence-electron chi connectivity index (χ0n) is 14.5. The Morgan fingerprint density at radius 1 is 1.20 bits per heavy atom. The van der Waals surface area contributed by atoms with Crippen molar-refractivity contribution in [3.8, 4) is 5.69 Å². The average molecular weight is 359 g/mol. The van der Waals surface area contributed by atoms with Crippen LogP contribution >= 0.6 is 0 Å². The minimum absolute atomic E-state index is 0.310. The third-order valence-electron chi connectivity index (χ3n) is 3.81. The lowest BCUT2D eigenvalue weighted by molar-refractivity contribution is 0.0803. The third kappa shape index (κ3) is 4.12. The molecule has 25 heavy (non-hydrogen) atoms. The molecule has 1 aromatic carbocycles. The van der Waals surface area contributed by atoms with Crippen molar-refractivity contribution in [3.05, 3.63) is 51.3 Å². The van der Waals surface area contributed by atoms with E-state index in [-0.39, 0.29) is 0 Å². The first kappa shape index (κ1) is 17.3. The molecule has 0 aliphatic heterocycles. The third-order valence-corrected chi connectivity index (χ3v) is 5.51. The second kappa shape index (κ2) is 6.77. The van der Waals surface area contributed by atoms with E-state index in [0.717, 1.165) is 17.1 Å². The standard InChI is InChI=1S/C16H21N5O3Si/c1-25(2,3)9-8-24-11-21-14-10-12(4-5-13(14)18-19-21)20-7-6-15(22)17-16(20)23/h4-7,10H,8-9,11H2,1-3H3,(H,17,22,23). The number of hydrogen-bond donors (Lipinski definition) is 1.